The van der Waals surface area contributed by atoms with Crippen LogP contribution in [0.2, 0.25) is 0 Å². The predicted molar refractivity (Wildman–Crippen MR) is 83.9 cm³/mol. The van der Waals surface area contributed by atoms with E-state index in [1.54, 1.807) is 11.3 Å². The highest BCUT2D eigenvalue weighted by molar-refractivity contribution is 7.09. The standard InChI is InChI=1S/C15H26N4S/c1-12-17-13(10-20-12)9-18(2)15(11-16)6-8-19-7-4-3-5-14(15)19/h10,14H,3-9,11,16H2,1-2H3. The topological polar surface area (TPSA) is 45.4 Å². The van der Waals surface area contributed by atoms with Crippen LogP contribution in [0, 0.1) is 6.92 Å². The Morgan fingerprint density at radius 2 is 2.35 bits per heavy atom. The van der Waals surface area contributed by atoms with Crippen LogP contribution >= 0.6 is 11.3 Å². The van der Waals surface area contributed by atoms with Crippen LogP contribution in [0.15, 0.2) is 5.38 Å². The van der Waals surface area contributed by atoms with Crippen LogP contribution in [0.4, 0.5) is 0 Å². The number of piperidine rings is 1. The summed E-state index contributed by atoms with van der Waals surface area (Å²) < 4.78 is 0. The molecule has 3 heterocycles. The number of aryl methyl sites for hydroxylation is 1. The fourth-order valence-corrected chi connectivity index (χ4v) is 4.70. The van der Waals surface area contributed by atoms with Crippen LogP contribution in [0.3, 0.4) is 0 Å². The Morgan fingerprint density at radius 1 is 1.50 bits per heavy atom. The van der Waals surface area contributed by atoms with Crippen molar-refractivity contribution in [3.8, 4) is 0 Å². The molecule has 2 aliphatic heterocycles. The zero-order valence-corrected chi connectivity index (χ0v) is 13.5. The van der Waals surface area contributed by atoms with Crippen molar-refractivity contribution in [2.45, 2.75) is 50.7 Å². The van der Waals surface area contributed by atoms with E-state index in [0.29, 0.717) is 6.04 Å². The van der Waals surface area contributed by atoms with E-state index < -0.39 is 0 Å². The predicted octanol–water partition coefficient (Wildman–Crippen LogP) is 1.84. The van der Waals surface area contributed by atoms with E-state index >= 15 is 0 Å². The number of hydrogen-bond donors (Lipinski definition) is 1. The van der Waals surface area contributed by atoms with Crippen molar-refractivity contribution < 1.29 is 0 Å². The van der Waals surface area contributed by atoms with Crippen molar-refractivity contribution in [1.82, 2.24) is 14.8 Å². The molecule has 5 heteroatoms. The Kier molecular flexibility index (Phi) is 4.13. The summed E-state index contributed by atoms with van der Waals surface area (Å²) in [6.45, 7) is 6.23. The maximum Gasteiger partial charge on any atom is 0.0897 e. The molecule has 2 aliphatic rings. The quantitative estimate of drug-likeness (QED) is 0.920. The van der Waals surface area contributed by atoms with Gasteiger partial charge in [-0.3, -0.25) is 9.80 Å². The van der Waals surface area contributed by atoms with Crippen molar-refractivity contribution in [1.29, 1.82) is 0 Å². The molecule has 2 fully saturated rings. The SMILES string of the molecule is Cc1nc(CN(C)C2(CN)CCN3CCCCC32)cs1. The summed E-state index contributed by atoms with van der Waals surface area (Å²) in [7, 11) is 2.24. The van der Waals surface area contributed by atoms with Gasteiger partial charge in [-0.15, -0.1) is 11.3 Å². The molecule has 0 aromatic carbocycles. The third kappa shape index (κ3) is 2.41. The number of rotatable bonds is 4. The van der Waals surface area contributed by atoms with Crippen LogP contribution < -0.4 is 5.73 Å². The van der Waals surface area contributed by atoms with Crippen LogP contribution in [0.1, 0.15) is 36.4 Å². The average Bonchev–Trinajstić information content (AvgIpc) is 3.03. The molecule has 0 bridgehead atoms. The molecule has 0 saturated carbocycles. The largest absolute Gasteiger partial charge is 0.329 e. The monoisotopic (exact) mass is 294 g/mol. The normalized spacial score (nSPS) is 30.9. The number of hydrogen-bond acceptors (Lipinski definition) is 5. The van der Waals surface area contributed by atoms with Crippen LogP contribution in [0.25, 0.3) is 0 Å². The lowest BCUT2D eigenvalue weighted by molar-refractivity contribution is 0.0505. The number of nitrogens with two attached hydrogens (primary N) is 1. The van der Waals surface area contributed by atoms with Gasteiger partial charge in [0, 0.05) is 36.6 Å². The highest BCUT2D eigenvalue weighted by atomic mass is 32.1. The van der Waals surface area contributed by atoms with Gasteiger partial charge in [-0.1, -0.05) is 6.42 Å². The van der Waals surface area contributed by atoms with Crippen molar-refractivity contribution >= 4 is 11.3 Å². The number of likely N-dealkylation sites (N-methyl/N-ethyl adjacent to an activating group) is 1. The van der Waals surface area contributed by atoms with Gasteiger partial charge in [0.15, 0.2) is 0 Å². The fraction of sp³-hybridized carbons (Fsp3) is 0.800. The van der Waals surface area contributed by atoms with Crippen LogP contribution in [0.5, 0.6) is 0 Å². The van der Waals surface area contributed by atoms with Gasteiger partial charge in [-0.25, -0.2) is 4.98 Å². The number of aromatic nitrogens is 1. The Hall–Kier alpha value is -0.490. The molecule has 0 radical (unpaired) electrons. The minimum absolute atomic E-state index is 0.151. The summed E-state index contributed by atoms with van der Waals surface area (Å²) in [5.41, 5.74) is 7.59. The summed E-state index contributed by atoms with van der Waals surface area (Å²) in [5.74, 6) is 0. The third-order valence-electron chi connectivity index (χ3n) is 5.25. The lowest BCUT2D eigenvalue weighted by atomic mass is 9.84. The van der Waals surface area contributed by atoms with Crippen molar-refractivity contribution in [2.75, 3.05) is 26.7 Å². The van der Waals surface area contributed by atoms with Crippen molar-refractivity contribution in [2.24, 2.45) is 5.73 Å². The summed E-state index contributed by atoms with van der Waals surface area (Å²) >= 11 is 1.74. The third-order valence-corrected chi connectivity index (χ3v) is 6.07. The highest BCUT2D eigenvalue weighted by Gasteiger charge is 2.49. The summed E-state index contributed by atoms with van der Waals surface area (Å²) in [4.78, 5) is 9.76. The number of fused-ring (bicyclic) bond motifs is 1. The molecule has 112 valence electrons. The second-order valence-corrected chi connectivity index (χ2v) is 7.38. The molecule has 0 aliphatic carbocycles. The molecule has 3 rings (SSSR count). The van der Waals surface area contributed by atoms with Gasteiger partial charge in [0.05, 0.1) is 10.7 Å². The van der Waals surface area contributed by atoms with E-state index in [1.165, 1.54) is 44.5 Å². The molecule has 2 saturated heterocycles. The highest BCUT2D eigenvalue weighted by Crippen LogP contribution is 2.38. The first kappa shape index (κ1) is 14.4. The molecule has 20 heavy (non-hydrogen) atoms. The van der Waals surface area contributed by atoms with E-state index in [-0.39, 0.29) is 5.54 Å². The second kappa shape index (κ2) is 5.72. The molecule has 4 nitrogen and oxygen atoms in total. The maximum atomic E-state index is 6.25. The summed E-state index contributed by atoms with van der Waals surface area (Å²) in [6, 6.07) is 0.644. The Labute approximate surface area is 126 Å². The van der Waals surface area contributed by atoms with Crippen LogP contribution in [-0.2, 0) is 6.54 Å². The lowest BCUT2D eigenvalue weighted by Crippen LogP contribution is -2.60. The minimum atomic E-state index is 0.151. The molecular formula is C15H26N4S. The molecule has 2 unspecified atom stereocenters. The van der Waals surface area contributed by atoms with Crippen LogP contribution in [-0.4, -0.2) is 53.0 Å². The molecule has 2 atom stereocenters. The zero-order valence-electron chi connectivity index (χ0n) is 12.6. The van der Waals surface area contributed by atoms with Gasteiger partial charge in [0.25, 0.3) is 0 Å². The second-order valence-electron chi connectivity index (χ2n) is 6.32. The Morgan fingerprint density at radius 3 is 3.05 bits per heavy atom. The Bertz CT molecular complexity index is 460. The van der Waals surface area contributed by atoms with Crippen molar-refractivity contribution in [3.63, 3.8) is 0 Å². The molecule has 2 N–H and O–H groups in total. The van der Waals surface area contributed by atoms with Gasteiger partial charge >= 0.3 is 0 Å². The maximum absolute atomic E-state index is 6.25. The lowest BCUT2D eigenvalue weighted by Gasteiger charge is -2.45. The molecule has 1 aromatic rings. The fourth-order valence-electron chi connectivity index (χ4n) is 4.09. The molecule has 1 aromatic heterocycles. The number of nitrogens with zero attached hydrogens (tertiary/aromatic N) is 3. The number of thiazole rings is 1. The first-order valence-electron chi connectivity index (χ1n) is 7.72. The van der Waals surface area contributed by atoms with Crippen molar-refractivity contribution in [3.05, 3.63) is 16.1 Å². The zero-order chi connectivity index (χ0) is 14.2. The first-order valence-corrected chi connectivity index (χ1v) is 8.60. The van der Waals surface area contributed by atoms with E-state index in [0.717, 1.165) is 18.1 Å². The summed E-state index contributed by atoms with van der Waals surface area (Å²) in [5, 5.41) is 3.34. The molecule has 0 amide bonds. The molecular weight excluding hydrogens is 268 g/mol. The smallest absolute Gasteiger partial charge is 0.0897 e. The van der Waals surface area contributed by atoms with E-state index in [4.69, 9.17) is 5.73 Å². The van der Waals surface area contributed by atoms with E-state index in [2.05, 4.69) is 34.1 Å². The van der Waals surface area contributed by atoms with Gasteiger partial charge in [0.1, 0.15) is 0 Å². The van der Waals surface area contributed by atoms with Gasteiger partial charge in [-0.05, 0) is 39.8 Å². The van der Waals surface area contributed by atoms with Gasteiger partial charge in [0.2, 0.25) is 0 Å². The van der Waals surface area contributed by atoms with Gasteiger partial charge < -0.3 is 5.73 Å². The van der Waals surface area contributed by atoms with E-state index in [1.807, 2.05) is 0 Å². The Balaban J connectivity index is 1.77. The van der Waals surface area contributed by atoms with E-state index in [9.17, 15) is 0 Å². The van der Waals surface area contributed by atoms with Gasteiger partial charge in [-0.2, -0.15) is 0 Å². The average molecular weight is 294 g/mol. The minimum Gasteiger partial charge on any atom is -0.329 e. The molecule has 0 spiro atoms. The first-order chi connectivity index (χ1) is 9.65. The summed E-state index contributed by atoms with van der Waals surface area (Å²) in [6.07, 6.45) is 5.21.